The molecule has 2 aromatic heterocycles. The highest BCUT2D eigenvalue weighted by Gasteiger charge is 2.03. The lowest BCUT2D eigenvalue weighted by Crippen LogP contribution is -2.06. The molecule has 1 N–H and O–H groups in total. The number of aromatic nitrogens is 1. The standard InChI is InChI=1S/C11H7N3O2S/c12-6-9-7-13-11(17-9)14-10(15)4-3-8-2-1-5-16-8/h1-5,7H,(H,13,14,15)/b4-3+. The minimum absolute atomic E-state index is 0.319. The van der Waals surface area contributed by atoms with Gasteiger partial charge in [-0.05, 0) is 18.2 Å². The third kappa shape index (κ3) is 3.03. The van der Waals surface area contributed by atoms with Gasteiger partial charge in [-0.2, -0.15) is 5.26 Å². The largest absolute Gasteiger partial charge is 0.465 e. The second-order valence-electron chi connectivity index (χ2n) is 2.98. The summed E-state index contributed by atoms with van der Waals surface area (Å²) in [5.74, 6) is 0.275. The number of hydrogen-bond donors (Lipinski definition) is 1. The molecule has 0 atom stereocenters. The number of carbonyl (C=O) groups is 1. The predicted octanol–water partition coefficient (Wildman–Crippen LogP) is 2.26. The minimum Gasteiger partial charge on any atom is -0.465 e. The van der Waals surface area contributed by atoms with E-state index in [1.165, 1.54) is 18.5 Å². The number of hydrogen-bond acceptors (Lipinski definition) is 5. The molecule has 0 fully saturated rings. The first-order valence-electron chi connectivity index (χ1n) is 4.66. The van der Waals surface area contributed by atoms with Crippen LogP contribution in [0.15, 0.2) is 35.1 Å². The molecular formula is C11H7N3O2S. The topological polar surface area (TPSA) is 78.9 Å². The molecule has 0 aromatic carbocycles. The van der Waals surface area contributed by atoms with Gasteiger partial charge in [0.2, 0.25) is 5.91 Å². The Hall–Kier alpha value is -2.39. The highest BCUT2D eigenvalue weighted by Crippen LogP contribution is 2.16. The van der Waals surface area contributed by atoms with Crippen LogP contribution < -0.4 is 5.32 Å². The summed E-state index contributed by atoms with van der Waals surface area (Å²) in [5, 5.41) is 11.5. The molecule has 0 aliphatic heterocycles. The first kappa shape index (κ1) is 11.1. The van der Waals surface area contributed by atoms with Gasteiger partial charge in [-0.1, -0.05) is 11.3 Å². The molecule has 0 unspecified atom stereocenters. The van der Waals surface area contributed by atoms with E-state index in [1.807, 2.05) is 6.07 Å². The van der Waals surface area contributed by atoms with Crippen LogP contribution in [-0.4, -0.2) is 10.9 Å². The summed E-state index contributed by atoms with van der Waals surface area (Å²) in [7, 11) is 0. The number of carbonyl (C=O) groups excluding carboxylic acids is 1. The fraction of sp³-hybridized carbons (Fsp3) is 0. The maximum atomic E-state index is 11.4. The van der Waals surface area contributed by atoms with Gasteiger partial charge < -0.3 is 4.42 Å². The quantitative estimate of drug-likeness (QED) is 0.841. The van der Waals surface area contributed by atoms with Crippen molar-refractivity contribution in [1.82, 2.24) is 4.98 Å². The molecule has 6 heteroatoms. The van der Waals surface area contributed by atoms with E-state index in [2.05, 4.69) is 10.3 Å². The summed E-state index contributed by atoms with van der Waals surface area (Å²) in [5.41, 5.74) is 0. The Kier molecular flexibility index (Phi) is 3.33. The molecule has 1 amide bonds. The van der Waals surface area contributed by atoms with Crippen molar-refractivity contribution in [3.8, 4) is 6.07 Å². The number of thiazole rings is 1. The van der Waals surface area contributed by atoms with Crippen LogP contribution >= 0.6 is 11.3 Å². The molecule has 2 aromatic rings. The third-order valence-corrected chi connectivity index (χ3v) is 2.61. The minimum atomic E-state index is -0.319. The summed E-state index contributed by atoms with van der Waals surface area (Å²) in [4.78, 5) is 15.8. The van der Waals surface area contributed by atoms with E-state index < -0.39 is 0 Å². The molecule has 0 saturated carbocycles. The zero-order valence-corrected chi connectivity index (χ0v) is 9.40. The Morgan fingerprint density at radius 3 is 3.18 bits per heavy atom. The Morgan fingerprint density at radius 2 is 2.53 bits per heavy atom. The lowest BCUT2D eigenvalue weighted by molar-refractivity contribution is -0.111. The summed E-state index contributed by atoms with van der Waals surface area (Å²) >= 11 is 1.12. The molecule has 17 heavy (non-hydrogen) atoms. The van der Waals surface area contributed by atoms with E-state index in [0.717, 1.165) is 11.3 Å². The highest BCUT2D eigenvalue weighted by molar-refractivity contribution is 7.16. The number of furan rings is 1. The Morgan fingerprint density at radius 1 is 1.65 bits per heavy atom. The molecule has 0 aliphatic carbocycles. The first-order chi connectivity index (χ1) is 8.28. The fourth-order valence-electron chi connectivity index (χ4n) is 1.07. The van der Waals surface area contributed by atoms with Crippen molar-refractivity contribution in [3.05, 3.63) is 41.3 Å². The second-order valence-corrected chi connectivity index (χ2v) is 4.01. The van der Waals surface area contributed by atoms with E-state index in [9.17, 15) is 4.79 Å². The van der Waals surface area contributed by atoms with Gasteiger partial charge in [-0.25, -0.2) is 4.98 Å². The van der Waals surface area contributed by atoms with Crippen LogP contribution in [0, 0.1) is 11.3 Å². The molecule has 0 bridgehead atoms. The lowest BCUT2D eigenvalue weighted by atomic mass is 10.4. The molecule has 0 spiro atoms. The van der Waals surface area contributed by atoms with E-state index >= 15 is 0 Å². The summed E-state index contributed by atoms with van der Waals surface area (Å²) in [6.07, 6.45) is 5.83. The summed E-state index contributed by atoms with van der Waals surface area (Å²) < 4.78 is 5.03. The SMILES string of the molecule is N#Cc1cnc(NC(=O)/C=C/c2ccco2)s1. The molecule has 0 saturated heterocycles. The Bertz CT molecular complexity index is 578. The van der Waals surface area contributed by atoms with Gasteiger partial charge >= 0.3 is 0 Å². The molecule has 2 rings (SSSR count). The number of rotatable bonds is 3. The summed E-state index contributed by atoms with van der Waals surface area (Å²) in [6.45, 7) is 0. The maximum Gasteiger partial charge on any atom is 0.250 e. The van der Waals surface area contributed by atoms with Gasteiger partial charge in [-0.3, -0.25) is 10.1 Å². The van der Waals surface area contributed by atoms with E-state index in [-0.39, 0.29) is 5.91 Å². The van der Waals surface area contributed by atoms with Crippen LogP contribution in [0.3, 0.4) is 0 Å². The van der Waals surface area contributed by atoms with Crippen molar-refractivity contribution in [2.45, 2.75) is 0 Å². The fourth-order valence-corrected chi connectivity index (χ4v) is 1.69. The van der Waals surface area contributed by atoms with Crippen molar-refractivity contribution < 1.29 is 9.21 Å². The van der Waals surface area contributed by atoms with Crippen molar-refractivity contribution in [3.63, 3.8) is 0 Å². The number of nitriles is 1. The van der Waals surface area contributed by atoms with Crippen LogP contribution in [0.1, 0.15) is 10.6 Å². The molecule has 0 aliphatic rings. The van der Waals surface area contributed by atoms with Crippen LogP contribution in [-0.2, 0) is 4.79 Å². The smallest absolute Gasteiger partial charge is 0.250 e. The summed E-state index contributed by atoms with van der Waals surface area (Å²) in [6, 6.07) is 5.42. The first-order valence-corrected chi connectivity index (χ1v) is 5.48. The highest BCUT2D eigenvalue weighted by atomic mass is 32.1. The third-order valence-electron chi connectivity index (χ3n) is 1.79. The van der Waals surface area contributed by atoms with Crippen molar-refractivity contribution >= 4 is 28.5 Å². The van der Waals surface area contributed by atoms with Crippen LogP contribution in [0.2, 0.25) is 0 Å². The van der Waals surface area contributed by atoms with Gasteiger partial charge in [0.1, 0.15) is 16.7 Å². The van der Waals surface area contributed by atoms with Crippen molar-refractivity contribution in [2.24, 2.45) is 0 Å². The molecule has 84 valence electrons. The van der Waals surface area contributed by atoms with E-state index in [0.29, 0.717) is 15.8 Å². The van der Waals surface area contributed by atoms with Gasteiger partial charge in [-0.15, -0.1) is 0 Å². The molecular weight excluding hydrogens is 238 g/mol. The Labute approximate surface area is 101 Å². The van der Waals surface area contributed by atoms with E-state index in [1.54, 1.807) is 18.2 Å². The Balaban J connectivity index is 1.96. The average Bonchev–Trinajstić information content (AvgIpc) is 2.97. The number of nitrogens with zero attached hydrogens (tertiary/aromatic N) is 2. The van der Waals surface area contributed by atoms with E-state index in [4.69, 9.17) is 9.68 Å². The maximum absolute atomic E-state index is 11.4. The molecule has 0 radical (unpaired) electrons. The number of nitrogens with one attached hydrogen (secondary N) is 1. The van der Waals surface area contributed by atoms with Gasteiger partial charge in [0.15, 0.2) is 5.13 Å². The van der Waals surface area contributed by atoms with Crippen LogP contribution in [0.4, 0.5) is 5.13 Å². The monoisotopic (exact) mass is 245 g/mol. The normalized spacial score (nSPS) is 10.3. The number of anilines is 1. The van der Waals surface area contributed by atoms with Gasteiger partial charge in [0.25, 0.3) is 0 Å². The van der Waals surface area contributed by atoms with Crippen molar-refractivity contribution in [2.75, 3.05) is 5.32 Å². The zero-order valence-electron chi connectivity index (χ0n) is 8.58. The average molecular weight is 245 g/mol. The van der Waals surface area contributed by atoms with Crippen LogP contribution in [0.25, 0.3) is 6.08 Å². The molecule has 2 heterocycles. The van der Waals surface area contributed by atoms with Crippen LogP contribution in [0.5, 0.6) is 0 Å². The number of amides is 1. The molecule has 5 nitrogen and oxygen atoms in total. The predicted molar refractivity (Wildman–Crippen MR) is 63.2 cm³/mol. The zero-order chi connectivity index (χ0) is 12.1. The second kappa shape index (κ2) is 5.09. The van der Waals surface area contributed by atoms with Gasteiger partial charge in [0.05, 0.1) is 12.5 Å². The van der Waals surface area contributed by atoms with Crippen molar-refractivity contribution in [1.29, 1.82) is 5.26 Å². The lowest BCUT2D eigenvalue weighted by Gasteiger charge is -1.93. The van der Waals surface area contributed by atoms with Gasteiger partial charge in [0, 0.05) is 6.08 Å².